The van der Waals surface area contributed by atoms with Crippen molar-refractivity contribution in [3.05, 3.63) is 105 Å². The second-order valence-corrected chi connectivity index (χ2v) is 8.73. The normalized spacial score (nSPS) is 11.1. The fraction of sp³-hybridized carbons (Fsp3) is 0.0714. The molecule has 4 aromatic rings. The highest BCUT2D eigenvalue weighted by molar-refractivity contribution is 14.1. The molecule has 4 aromatic carbocycles. The molecule has 0 fully saturated rings. The van der Waals surface area contributed by atoms with Gasteiger partial charge in [0, 0.05) is 0 Å². The molecule has 0 heterocycles. The number of halogens is 2. The number of hydrogen-bond acceptors (Lipinski definition) is 4. The van der Waals surface area contributed by atoms with E-state index in [1.165, 1.54) is 31.4 Å². The number of amides is 1. The Morgan fingerprint density at radius 1 is 1.09 bits per heavy atom. The van der Waals surface area contributed by atoms with Gasteiger partial charge in [0.25, 0.3) is 5.91 Å². The van der Waals surface area contributed by atoms with Crippen molar-refractivity contribution < 1.29 is 18.7 Å². The van der Waals surface area contributed by atoms with Crippen molar-refractivity contribution >= 4 is 51.0 Å². The maximum Gasteiger partial charge on any atom is 0.266 e. The zero-order chi connectivity index (χ0) is 24.8. The van der Waals surface area contributed by atoms with E-state index in [1.54, 1.807) is 18.2 Å². The Balaban J connectivity index is 1.58. The summed E-state index contributed by atoms with van der Waals surface area (Å²) in [6.07, 6.45) is 1.43. The average molecular weight is 578 g/mol. The van der Waals surface area contributed by atoms with Gasteiger partial charge < -0.3 is 14.8 Å². The van der Waals surface area contributed by atoms with Crippen LogP contribution in [-0.2, 0) is 11.4 Å². The van der Waals surface area contributed by atoms with Gasteiger partial charge in [-0.2, -0.15) is 5.26 Å². The summed E-state index contributed by atoms with van der Waals surface area (Å²) in [6, 6.07) is 25.3. The van der Waals surface area contributed by atoms with E-state index in [1.807, 2.05) is 30.3 Å². The Morgan fingerprint density at radius 3 is 2.60 bits per heavy atom. The van der Waals surface area contributed by atoms with Crippen molar-refractivity contribution in [1.29, 1.82) is 5.26 Å². The number of anilines is 1. The first kappa shape index (κ1) is 24.2. The number of nitrogens with one attached hydrogen (secondary N) is 1. The van der Waals surface area contributed by atoms with Crippen LogP contribution in [0.3, 0.4) is 0 Å². The fourth-order valence-electron chi connectivity index (χ4n) is 3.60. The lowest BCUT2D eigenvalue weighted by Crippen LogP contribution is -2.14. The van der Waals surface area contributed by atoms with E-state index in [2.05, 4.69) is 46.1 Å². The Morgan fingerprint density at radius 2 is 1.83 bits per heavy atom. The molecule has 0 aliphatic carbocycles. The lowest BCUT2D eigenvalue weighted by Gasteiger charge is -2.15. The summed E-state index contributed by atoms with van der Waals surface area (Å²) in [5.74, 6) is -0.257. The van der Waals surface area contributed by atoms with Crippen LogP contribution in [0.4, 0.5) is 10.1 Å². The third-order valence-corrected chi connectivity index (χ3v) is 6.10. The van der Waals surface area contributed by atoms with Gasteiger partial charge in [-0.25, -0.2) is 4.39 Å². The van der Waals surface area contributed by atoms with Gasteiger partial charge in [-0.05, 0) is 74.8 Å². The van der Waals surface area contributed by atoms with E-state index in [-0.39, 0.29) is 11.3 Å². The topological polar surface area (TPSA) is 71.3 Å². The highest BCUT2D eigenvalue weighted by Gasteiger charge is 2.15. The van der Waals surface area contributed by atoms with Crippen LogP contribution >= 0.6 is 22.6 Å². The summed E-state index contributed by atoms with van der Waals surface area (Å²) in [7, 11) is 1.53. The number of para-hydroxylation sites is 1. The molecule has 1 amide bonds. The van der Waals surface area contributed by atoms with Crippen LogP contribution in [0.25, 0.3) is 16.8 Å². The number of carbonyl (C=O) groups excluding carboxylic acids is 1. The van der Waals surface area contributed by atoms with Crippen LogP contribution < -0.4 is 14.8 Å². The van der Waals surface area contributed by atoms with Crippen LogP contribution in [0.15, 0.2) is 84.4 Å². The number of nitrogens with zero attached hydrogens (tertiary/aromatic N) is 1. The highest BCUT2D eigenvalue weighted by Crippen LogP contribution is 2.35. The minimum Gasteiger partial charge on any atom is -0.493 e. The van der Waals surface area contributed by atoms with E-state index in [0.29, 0.717) is 23.7 Å². The number of carbonyl (C=O) groups is 1. The third kappa shape index (κ3) is 5.61. The molecule has 0 spiro atoms. The van der Waals surface area contributed by atoms with Crippen LogP contribution in [0.2, 0.25) is 0 Å². The number of ether oxygens (including phenoxy) is 2. The van der Waals surface area contributed by atoms with E-state index < -0.39 is 11.7 Å². The number of rotatable bonds is 7. The minimum atomic E-state index is -0.706. The van der Waals surface area contributed by atoms with Gasteiger partial charge in [0.2, 0.25) is 0 Å². The molecule has 4 rings (SSSR count). The van der Waals surface area contributed by atoms with E-state index in [0.717, 1.165) is 19.9 Å². The summed E-state index contributed by atoms with van der Waals surface area (Å²) in [5.41, 5.74) is 1.45. The second-order valence-electron chi connectivity index (χ2n) is 7.56. The summed E-state index contributed by atoms with van der Waals surface area (Å²) < 4.78 is 26.3. The quantitative estimate of drug-likeness (QED) is 0.150. The summed E-state index contributed by atoms with van der Waals surface area (Å²) >= 11 is 2.13. The number of nitriles is 1. The fourth-order valence-corrected chi connectivity index (χ4v) is 4.38. The van der Waals surface area contributed by atoms with Crippen molar-refractivity contribution in [3.8, 4) is 17.6 Å². The van der Waals surface area contributed by atoms with Crippen LogP contribution in [0.5, 0.6) is 11.5 Å². The summed E-state index contributed by atoms with van der Waals surface area (Å²) in [6.45, 7) is 0.345. The van der Waals surface area contributed by atoms with Crippen LogP contribution in [-0.4, -0.2) is 13.0 Å². The third-order valence-electron chi connectivity index (χ3n) is 5.30. The molecular formula is C28H20FIN2O3. The van der Waals surface area contributed by atoms with E-state index in [4.69, 9.17) is 9.47 Å². The van der Waals surface area contributed by atoms with Gasteiger partial charge in [0.15, 0.2) is 11.5 Å². The van der Waals surface area contributed by atoms with Crippen LogP contribution in [0, 0.1) is 20.7 Å². The van der Waals surface area contributed by atoms with Gasteiger partial charge in [-0.15, -0.1) is 0 Å². The molecule has 0 saturated heterocycles. The molecule has 0 bridgehead atoms. The zero-order valence-corrected chi connectivity index (χ0v) is 20.9. The van der Waals surface area contributed by atoms with Gasteiger partial charge in [0.05, 0.1) is 16.4 Å². The smallest absolute Gasteiger partial charge is 0.266 e. The Hall–Kier alpha value is -3.90. The van der Waals surface area contributed by atoms with Crippen molar-refractivity contribution in [2.24, 2.45) is 0 Å². The Bertz CT molecular complexity index is 1470. The maximum atomic E-state index is 13.9. The molecule has 0 atom stereocenters. The zero-order valence-electron chi connectivity index (χ0n) is 18.7. The first-order valence-corrected chi connectivity index (χ1v) is 11.7. The van der Waals surface area contributed by atoms with Gasteiger partial charge in [-0.1, -0.05) is 54.6 Å². The molecular weight excluding hydrogens is 558 g/mol. The number of hydrogen-bond donors (Lipinski definition) is 1. The second kappa shape index (κ2) is 11.0. The molecule has 1 N–H and O–H groups in total. The lowest BCUT2D eigenvalue weighted by atomic mass is 10.1. The average Bonchev–Trinajstić information content (AvgIpc) is 2.87. The van der Waals surface area contributed by atoms with Gasteiger partial charge in [0.1, 0.15) is 24.1 Å². The number of methoxy groups -OCH3 is 1. The SMILES string of the molecule is COc1cc(/C=C(\C#N)C(=O)Nc2ccccc2F)cc(I)c1OCc1cccc2ccccc12. The maximum absolute atomic E-state index is 13.9. The van der Waals surface area contributed by atoms with Crippen molar-refractivity contribution in [2.75, 3.05) is 12.4 Å². The van der Waals surface area contributed by atoms with Crippen molar-refractivity contribution in [2.45, 2.75) is 6.61 Å². The van der Waals surface area contributed by atoms with Crippen molar-refractivity contribution in [1.82, 2.24) is 0 Å². The molecule has 0 aliphatic heterocycles. The number of fused-ring (bicyclic) bond motifs is 1. The Labute approximate surface area is 215 Å². The monoisotopic (exact) mass is 578 g/mol. The summed E-state index contributed by atoms with van der Waals surface area (Å²) in [4.78, 5) is 12.5. The first-order valence-electron chi connectivity index (χ1n) is 10.6. The predicted molar refractivity (Wildman–Crippen MR) is 143 cm³/mol. The van der Waals surface area contributed by atoms with Gasteiger partial charge >= 0.3 is 0 Å². The molecule has 0 aliphatic rings. The van der Waals surface area contributed by atoms with Crippen LogP contribution in [0.1, 0.15) is 11.1 Å². The highest BCUT2D eigenvalue weighted by atomic mass is 127. The van der Waals surface area contributed by atoms with Gasteiger partial charge in [-0.3, -0.25) is 4.79 Å². The Kier molecular flexibility index (Phi) is 7.63. The predicted octanol–water partition coefficient (Wildman–Crippen LogP) is 6.72. The largest absolute Gasteiger partial charge is 0.493 e. The molecule has 7 heteroatoms. The molecule has 0 unspecified atom stereocenters. The lowest BCUT2D eigenvalue weighted by molar-refractivity contribution is -0.112. The van der Waals surface area contributed by atoms with Crippen molar-refractivity contribution in [3.63, 3.8) is 0 Å². The molecule has 0 saturated carbocycles. The molecule has 5 nitrogen and oxygen atoms in total. The molecule has 0 aromatic heterocycles. The molecule has 0 radical (unpaired) electrons. The van der Waals surface area contributed by atoms with E-state index in [9.17, 15) is 14.4 Å². The molecule has 35 heavy (non-hydrogen) atoms. The minimum absolute atomic E-state index is 0.00277. The standard InChI is InChI=1S/C28H20FIN2O3/c1-34-26-15-18(13-21(16-31)28(33)32-25-12-5-4-11-23(25)29)14-24(30)27(26)35-17-20-9-6-8-19-7-2-3-10-22(19)20/h2-15H,17H2,1H3,(H,32,33)/b21-13+. The van der Waals surface area contributed by atoms with E-state index >= 15 is 0 Å². The first-order chi connectivity index (χ1) is 17.0. The number of benzene rings is 4. The summed E-state index contributed by atoms with van der Waals surface area (Å²) in [5, 5.41) is 14.2. The molecule has 174 valence electrons.